The molecule has 0 saturated carbocycles. The molecule has 18 heavy (non-hydrogen) atoms. The van der Waals surface area contributed by atoms with E-state index in [1.807, 2.05) is 6.07 Å². The van der Waals surface area contributed by atoms with E-state index in [0.717, 1.165) is 32.4 Å². The van der Waals surface area contributed by atoms with Crippen LogP contribution in [0.3, 0.4) is 0 Å². The number of amides is 1. The van der Waals surface area contributed by atoms with Gasteiger partial charge in [-0.3, -0.25) is 4.79 Å². The lowest BCUT2D eigenvalue weighted by Crippen LogP contribution is -2.40. The smallest absolute Gasteiger partial charge is 0.237 e. The molecule has 0 aromatic heterocycles. The van der Waals surface area contributed by atoms with Crippen LogP contribution in [0.1, 0.15) is 37.7 Å². The normalized spacial score (nSPS) is 20.6. The molecule has 1 saturated heterocycles. The number of rotatable bonds is 5. The molecule has 2 atom stereocenters. The van der Waals surface area contributed by atoms with Crippen LogP contribution in [0.4, 0.5) is 0 Å². The van der Waals surface area contributed by atoms with Gasteiger partial charge in [-0.05, 0) is 37.3 Å². The van der Waals surface area contributed by atoms with Crippen molar-refractivity contribution in [3.05, 3.63) is 35.9 Å². The Morgan fingerprint density at radius 1 is 1.44 bits per heavy atom. The summed E-state index contributed by atoms with van der Waals surface area (Å²) in [5.74, 6) is 0.649. The van der Waals surface area contributed by atoms with E-state index in [-0.39, 0.29) is 11.9 Å². The summed E-state index contributed by atoms with van der Waals surface area (Å²) < 4.78 is 0. The highest BCUT2D eigenvalue weighted by atomic mass is 16.2. The Morgan fingerprint density at radius 2 is 2.22 bits per heavy atom. The highest BCUT2D eigenvalue weighted by molar-refractivity contribution is 5.81. The summed E-state index contributed by atoms with van der Waals surface area (Å²) in [5, 5.41) is 6.24. The van der Waals surface area contributed by atoms with E-state index in [4.69, 9.17) is 0 Å². The Hall–Kier alpha value is -1.35. The quantitative estimate of drug-likeness (QED) is 0.835. The highest BCUT2D eigenvalue weighted by Gasteiger charge is 2.21. The van der Waals surface area contributed by atoms with Crippen molar-refractivity contribution < 1.29 is 4.79 Å². The van der Waals surface area contributed by atoms with Crippen LogP contribution in [0.25, 0.3) is 0 Å². The number of nitrogens with one attached hydrogen (secondary N) is 2. The molecule has 0 radical (unpaired) electrons. The summed E-state index contributed by atoms with van der Waals surface area (Å²) in [5.41, 5.74) is 1.34. The summed E-state index contributed by atoms with van der Waals surface area (Å²) in [4.78, 5) is 11.8. The van der Waals surface area contributed by atoms with E-state index in [9.17, 15) is 4.79 Å². The Morgan fingerprint density at radius 3 is 2.89 bits per heavy atom. The van der Waals surface area contributed by atoms with Crippen molar-refractivity contribution in [3.8, 4) is 0 Å². The SMILES string of the molecule is CC(CCNC(=O)[C@@H]1CCCN1)c1ccccc1. The molecule has 3 heteroatoms. The zero-order chi connectivity index (χ0) is 12.8. The van der Waals surface area contributed by atoms with Gasteiger partial charge in [-0.2, -0.15) is 0 Å². The molecule has 1 aromatic rings. The minimum atomic E-state index is 0.0389. The zero-order valence-corrected chi connectivity index (χ0v) is 11.0. The van der Waals surface area contributed by atoms with Crippen LogP contribution in [0.15, 0.2) is 30.3 Å². The van der Waals surface area contributed by atoms with Gasteiger partial charge >= 0.3 is 0 Å². The molecule has 2 rings (SSSR count). The number of hydrogen-bond acceptors (Lipinski definition) is 2. The molecule has 0 aliphatic carbocycles. The second-order valence-corrected chi connectivity index (χ2v) is 5.04. The molecule has 0 spiro atoms. The molecular formula is C15H22N2O. The first-order chi connectivity index (χ1) is 8.77. The first-order valence-corrected chi connectivity index (χ1v) is 6.83. The largest absolute Gasteiger partial charge is 0.355 e. The molecule has 98 valence electrons. The minimum absolute atomic E-state index is 0.0389. The summed E-state index contributed by atoms with van der Waals surface area (Å²) in [6.07, 6.45) is 3.07. The van der Waals surface area contributed by atoms with E-state index in [1.54, 1.807) is 0 Å². The molecule has 1 amide bonds. The Labute approximate surface area is 109 Å². The predicted octanol–water partition coefficient (Wildman–Crippen LogP) is 2.05. The molecular weight excluding hydrogens is 224 g/mol. The summed E-state index contributed by atoms with van der Waals surface area (Å²) in [6, 6.07) is 10.5. The Kier molecular flexibility index (Phi) is 4.76. The third-order valence-corrected chi connectivity index (χ3v) is 3.62. The first kappa shape index (κ1) is 13.1. The van der Waals surface area contributed by atoms with Gasteiger partial charge in [-0.25, -0.2) is 0 Å². The first-order valence-electron chi connectivity index (χ1n) is 6.83. The van der Waals surface area contributed by atoms with Crippen molar-refractivity contribution in [1.82, 2.24) is 10.6 Å². The van der Waals surface area contributed by atoms with Crippen molar-refractivity contribution in [2.24, 2.45) is 0 Å². The van der Waals surface area contributed by atoms with Crippen LogP contribution >= 0.6 is 0 Å². The van der Waals surface area contributed by atoms with Gasteiger partial charge < -0.3 is 10.6 Å². The van der Waals surface area contributed by atoms with Gasteiger partial charge in [0.2, 0.25) is 5.91 Å². The number of carbonyl (C=O) groups is 1. The van der Waals surface area contributed by atoms with Crippen molar-refractivity contribution in [1.29, 1.82) is 0 Å². The van der Waals surface area contributed by atoms with Gasteiger partial charge in [0.25, 0.3) is 0 Å². The van der Waals surface area contributed by atoms with Gasteiger partial charge in [-0.1, -0.05) is 37.3 Å². The fourth-order valence-electron chi connectivity index (χ4n) is 2.39. The van der Waals surface area contributed by atoms with Crippen molar-refractivity contribution >= 4 is 5.91 Å². The van der Waals surface area contributed by atoms with Crippen LogP contribution < -0.4 is 10.6 Å². The van der Waals surface area contributed by atoms with Gasteiger partial charge in [0.15, 0.2) is 0 Å². The Balaban J connectivity index is 1.70. The average molecular weight is 246 g/mol. The molecule has 3 nitrogen and oxygen atoms in total. The van der Waals surface area contributed by atoms with Crippen LogP contribution in [-0.2, 0) is 4.79 Å². The van der Waals surface area contributed by atoms with Gasteiger partial charge in [0.05, 0.1) is 6.04 Å². The summed E-state index contributed by atoms with van der Waals surface area (Å²) >= 11 is 0. The molecule has 0 bridgehead atoms. The lowest BCUT2D eigenvalue weighted by Gasteiger charge is -2.14. The maximum atomic E-state index is 11.8. The van der Waals surface area contributed by atoms with Gasteiger partial charge in [-0.15, -0.1) is 0 Å². The third kappa shape index (κ3) is 3.57. The van der Waals surface area contributed by atoms with E-state index in [0.29, 0.717) is 5.92 Å². The second-order valence-electron chi connectivity index (χ2n) is 5.04. The summed E-state index contributed by atoms with van der Waals surface area (Å²) in [6.45, 7) is 3.93. The lowest BCUT2D eigenvalue weighted by molar-refractivity contribution is -0.122. The lowest BCUT2D eigenvalue weighted by atomic mass is 9.98. The molecule has 1 aromatic carbocycles. The van der Waals surface area contributed by atoms with Crippen molar-refractivity contribution in [2.75, 3.05) is 13.1 Å². The van der Waals surface area contributed by atoms with Crippen molar-refractivity contribution in [2.45, 2.75) is 38.1 Å². The number of benzene rings is 1. The number of hydrogen-bond donors (Lipinski definition) is 2. The van der Waals surface area contributed by atoms with Crippen molar-refractivity contribution in [3.63, 3.8) is 0 Å². The molecule has 1 aliphatic heterocycles. The third-order valence-electron chi connectivity index (χ3n) is 3.62. The topological polar surface area (TPSA) is 41.1 Å². The second kappa shape index (κ2) is 6.55. The minimum Gasteiger partial charge on any atom is -0.355 e. The molecule has 1 fully saturated rings. The predicted molar refractivity (Wildman–Crippen MR) is 73.5 cm³/mol. The standard InChI is InChI=1S/C15H22N2O/c1-12(13-6-3-2-4-7-13)9-11-17-15(18)14-8-5-10-16-14/h2-4,6-7,12,14,16H,5,8-11H2,1H3,(H,17,18)/t12?,14-/m0/s1. The van der Waals surface area contributed by atoms with Crippen LogP contribution in [-0.4, -0.2) is 25.0 Å². The van der Waals surface area contributed by atoms with E-state index in [2.05, 4.69) is 41.8 Å². The molecule has 1 aliphatic rings. The highest BCUT2D eigenvalue weighted by Crippen LogP contribution is 2.17. The molecule has 1 heterocycles. The van der Waals surface area contributed by atoms with Gasteiger partial charge in [0.1, 0.15) is 0 Å². The van der Waals surface area contributed by atoms with Crippen LogP contribution in [0, 0.1) is 0 Å². The molecule has 1 unspecified atom stereocenters. The zero-order valence-electron chi connectivity index (χ0n) is 11.0. The average Bonchev–Trinajstić information content (AvgIpc) is 2.93. The molecule has 2 N–H and O–H groups in total. The Bertz CT molecular complexity index is 371. The fourth-order valence-corrected chi connectivity index (χ4v) is 2.39. The van der Waals surface area contributed by atoms with Crippen LogP contribution in [0.5, 0.6) is 0 Å². The maximum absolute atomic E-state index is 11.8. The van der Waals surface area contributed by atoms with Gasteiger partial charge in [0, 0.05) is 6.54 Å². The monoisotopic (exact) mass is 246 g/mol. The number of carbonyl (C=O) groups excluding carboxylic acids is 1. The maximum Gasteiger partial charge on any atom is 0.237 e. The van der Waals surface area contributed by atoms with E-state index in [1.165, 1.54) is 5.56 Å². The fraction of sp³-hybridized carbons (Fsp3) is 0.533. The summed E-state index contributed by atoms with van der Waals surface area (Å²) in [7, 11) is 0. The van der Waals surface area contributed by atoms with E-state index >= 15 is 0 Å². The van der Waals surface area contributed by atoms with E-state index < -0.39 is 0 Å². The van der Waals surface area contributed by atoms with Crippen LogP contribution in [0.2, 0.25) is 0 Å².